The second-order valence-corrected chi connectivity index (χ2v) is 14.2. The molecule has 2 aromatic heterocycles. The fraction of sp³-hybridized carbons (Fsp3) is 0.128. The lowest BCUT2D eigenvalue weighted by atomic mass is 9.92. The van der Waals surface area contributed by atoms with Crippen LogP contribution in [0.3, 0.4) is 0 Å². The molecule has 0 atom stereocenters. The fourth-order valence-corrected chi connectivity index (χ4v) is 8.48. The SMILES string of the molecule is FC(F)(F)c1ccc(-c2cc(C3=C(c4cc(-c5ccc(C(F)(F)F)cc5)sc4-c4ccccc4)C(F)(F)C(F)(F)C3(F)F)c(-c3ccccc3)s2)cc1. The van der Waals surface area contributed by atoms with Crippen molar-refractivity contribution in [2.75, 3.05) is 0 Å². The molecule has 0 nitrogen and oxygen atoms in total. The summed E-state index contributed by atoms with van der Waals surface area (Å²) in [6.07, 6.45) is -9.40. The Labute approximate surface area is 301 Å². The van der Waals surface area contributed by atoms with Crippen LogP contribution in [0.5, 0.6) is 0 Å². The molecule has 0 N–H and O–H groups in total. The molecular formula is C39H20F12S2. The van der Waals surface area contributed by atoms with Crippen molar-refractivity contribution in [1.29, 1.82) is 0 Å². The quantitative estimate of drug-likeness (QED) is 0.148. The first kappa shape index (κ1) is 36.5. The Kier molecular flexibility index (Phi) is 8.72. The summed E-state index contributed by atoms with van der Waals surface area (Å²) in [6.45, 7) is 0. The molecule has 14 heteroatoms. The van der Waals surface area contributed by atoms with Gasteiger partial charge in [-0.2, -0.15) is 52.7 Å². The first-order valence-electron chi connectivity index (χ1n) is 15.5. The third kappa shape index (κ3) is 6.15. The van der Waals surface area contributed by atoms with Gasteiger partial charge in [-0.25, -0.2) is 0 Å². The van der Waals surface area contributed by atoms with Crippen LogP contribution in [-0.4, -0.2) is 17.8 Å². The van der Waals surface area contributed by atoms with E-state index in [1.54, 1.807) is 12.1 Å². The molecule has 0 fully saturated rings. The van der Waals surface area contributed by atoms with Gasteiger partial charge in [0.15, 0.2) is 0 Å². The van der Waals surface area contributed by atoms with Crippen LogP contribution in [0.2, 0.25) is 0 Å². The molecule has 4 aromatic carbocycles. The number of hydrogen-bond donors (Lipinski definition) is 0. The van der Waals surface area contributed by atoms with Gasteiger partial charge in [0, 0.05) is 41.8 Å². The van der Waals surface area contributed by atoms with E-state index in [2.05, 4.69) is 0 Å². The van der Waals surface area contributed by atoms with Crippen molar-refractivity contribution in [2.45, 2.75) is 30.1 Å². The van der Waals surface area contributed by atoms with E-state index in [1.165, 1.54) is 48.5 Å². The molecule has 0 unspecified atom stereocenters. The Morgan fingerprint density at radius 3 is 1.02 bits per heavy atom. The zero-order chi connectivity index (χ0) is 38.1. The predicted molar refractivity (Wildman–Crippen MR) is 182 cm³/mol. The summed E-state index contributed by atoms with van der Waals surface area (Å²) in [5.41, 5.74) is -6.23. The summed E-state index contributed by atoms with van der Waals surface area (Å²) in [7, 11) is 0. The van der Waals surface area contributed by atoms with Crippen LogP contribution in [0.15, 0.2) is 121 Å². The number of rotatable bonds is 6. The first-order chi connectivity index (χ1) is 24.8. The fourth-order valence-electron chi connectivity index (χ4n) is 6.13. The standard InChI is InChI=1S/C39H20F12S2/c40-35(41)31(27-19-29(52-33(27)23-7-3-1-4-8-23)21-11-15-25(16-12-21)37(44,45)46)32(36(42,43)39(35,50)51)28-20-30(53-34(28)24-9-5-2-6-10-24)22-13-17-26(18-14-22)38(47,48)49/h1-20H. The van der Waals surface area contributed by atoms with Crippen LogP contribution in [0.1, 0.15) is 22.3 Å². The molecule has 0 radical (unpaired) electrons. The molecule has 1 aliphatic carbocycles. The van der Waals surface area contributed by atoms with E-state index in [9.17, 15) is 26.3 Å². The highest BCUT2D eigenvalue weighted by Crippen LogP contribution is 2.67. The Balaban J connectivity index is 1.53. The van der Waals surface area contributed by atoms with Gasteiger partial charge in [0.1, 0.15) is 0 Å². The number of halogens is 12. The molecule has 2 heterocycles. The highest BCUT2D eigenvalue weighted by molar-refractivity contribution is 7.19. The second-order valence-electron chi connectivity index (χ2n) is 12.1. The lowest BCUT2D eigenvalue weighted by Gasteiger charge is -2.26. The third-order valence-corrected chi connectivity index (χ3v) is 11.2. The lowest BCUT2D eigenvalue weighted by molar-refractivity contribution is -0.254. The van der Waals surface area contributed by atoms with Gasteiger partial charge >= 0.3 is 30.1 Å². The van der Waals surface area contributed by atoms with E-state index in [1.807, 2.05) is 0 Å². The third-order valence-electron chi connectivity index (χ3n) is 8.73. The van der Waals surface area contributed by atoms with E-state index in [0.29, 0.717) is 0 Å². The molecule has 0 amide bonds. The summed E-state index contributed by atoms with van der Waals surface area (Å²) in [4.78, 5) is -0.179. The van der Waals surface area contributed by atoms with E-state index in [-0.39, 0.29) is 41.8 Å². The van der Waals surface area contributed by atoms with Gasteiger partial charge in [-0.1, -0.05) is 84.9 Å². The Morgan fingerprint density at radius 2 is 0.717 bits per heavy atom. The van der Waals surface area contributed by atoms with Gasteiger partial charge in [-0.05, 0) is 58.7 Å². The van der Waals surface area contributed by atoms with Crippen LogP contribution >= 0.6 is 22.7 Å². The van der Waals surface area contributed by atoms with Gasteiger partial charge in [0.25, 0.3) is 0 Å². The molecule has 53 heavy (non-hydrogen) atoms. The molecule has 0 spiro atoms. The monoisotopic (exact) mass is 780 g/mol. The van der Waals surface area contributed by atoms with Gasteiger partial charge < -0.3 is 0 Å². The summed E-state index contributed by atoms with van der Waals surface area (Å²) in [5, 5.41) is 0. The van der Waals surface area contributed by atoms with Crippen LogP contribution in [0.4, 0.5) is 52.7 Å². The first-order valence-corrected chi connectivity index (χ1v) is 17.1. The van der Waals surface area contributed by atoms with Crippen molar-refractivity contribution in [3.63, 3.8) is 0 Å². The molecule has 0 bridgehead atoms. The van der Waals surface area contributed by atoms with Crippen LogP contribution in [0.25, 0.3) is 52.9 Å². The zero-order valence-electron chi connectivity index (χ0n) is 26.4. The molecule has 0 saturated carbocycles. The van der Waals surface area contributed by atoms with Crippen molar-refractivity contribution in [3.05, 3.63) is 144 Å². The largest absolute Gasteiger partial charge is 0.416 e. The molecule has 6 aromatic rings. The number of benzene rings is 4. The van der Waals surface area contributed by atoms with Crippen molar-refractivity contribution in [2.24, 2.45) is 0 Å². The minimum absolute atomic E-state index is 0.0350. The van der Waals surface area contributed by atoms with Crippen LogP contribution in [-0.2, 0) is 12.4 Å². The zero-order valence-corrected chi connectivity index (χ0v) is 28.0. The molecule has 7 rings (SSSR count). The summed E-state index contributed by atoms with van der Waals surface area (Å²) in [5.74, 6) is -16.9. The maximum Gasteiger partial charge on any atom is 0.416 e. The average molecular weight is 781 g/mol. The summed E-state index contributed by atoms with van der Waals surface area (Å²) >= 11 is 1.48. The second kappa shape index (κ2) is 12.7. The lowest BCUT2D eigenvalue weighted by Crippen LogP contribution is -2.48. The number of allylic oxidation sites excluding steroid dienone is 2. The normalized spacial score (nSPS) is 16.7. The Hall–Kier alpha value is -4.82. The average Bonchev–Trinajstić information content (AvgIpc) is 3.78. The minimum atomic E-state index is -5.96. The number of alkyl halides is 12. The van der Waals surface area contributed by atoms with Crippen molar-refractivity contribution in [3.8, 4) is 41.8 Å². The topological polar surface area (TPSA) is 0 Å². The summed E-state index contributed by atoms with van der Waals surface area (Å²) < 4.78 is 176. The van der Waals surface area contributed by atoms with Crippen molar-refractivity contribution in [1.82, 2.24) is 0 Å². The number of hydrogen-bond acceptors (Lipinski definition) is 2. The van der Waals surface area contributed by atoms with Crippen LogP contribution in [0, 0.1) is 0 Å². The maximum absolute atomic E-state index is 16.3. The number of thiophene rings is 2. The maximum atomic E-state index is 16.3. The van der Waals surface area contributed by atoms with E-state index < -0.39 is 63.5 Å². The van der Waals surface area contributed by atoms with E-state index in [0.717, 1.165) is 83.3 Å². The van der Waals surface area contributed by atoms with Gasteiger partial charge in [0.05, 0.1) is 11.1 Å². The van der Waals surface area contributed by atoms with Crippen LogP contribution < -0.4 is 0 Å². The van der Waals surface area contributed by atoms with Gasteiger partial charge in [-0.15, -0.1) is 22.7 Å². The van der Waals surface area contributed by atoms with E-state index >= 15 is 26.3 Å². The van der Waals surface area contributed by atoms with Gasteiger partial charge in [-0.3, -0.25) is 0 Å². The molecular weight excluding hydrogens is 761 g/mol. The van der Waals surface area contributed by atoms with E-state index in [4.69, 9.17) is 0 Å². The highest BCUT2D eigenvalue weighted by Gasteiger charge is 2.80. The Bertz CT molecular complexity index is 2150. The smallest absolute Gasteiger partial charge is 0.194 e. The van der Waals surface area contributed by atoms with Gasteiger partial charge in [0.2, 0.25) is 0 Å². The summed E-state index contributed by atoms with van der Waals surface area (Å²) in [6, 6.07) is 24.1. The molecule has 272 valence electrons. The minimum Gasteiger partial charge on any atom is -0.194 e. The molecule has 0 saturated heterocycles. The Morgan fingerprint density at radius 1 is 0.396 bits per heavy atom. The van der Waals surface area contributed by atoms with Crippen molar-refractivity contribution >= 4 is 33.8 Å². The molecule has 1 aliphatic rings. The van der Waals surface area contributed by atoms with Crippen molar-refractivity contribution < 1.29 is 52.7 Å². The highest BCUT2D eigenvalue weighted by atomic mass is 32.1. The predicted octanol–water partition coefficient (Wildman–Crippen LogP) is 14.3. The molecule has 0 aliphatic heterocycles.